The molecule has 0 unspecified atom stereocenters. The zero-order valence-electron chi connectivity index (χ0n) is 12.1. The van der Waals surface area contributed by atoms with Crippen molar-refractivity contribution >= 4 is 28.5 Å². The quantitative estimate of drug-likeness (QED) is 0.782. The second-order valence-electron chi connectivity index (χ2n) is 5.54. The van der Waals surface area contributed by atoms with Gasteiger partial charge in [-0.15, -0.1) is 0 Å². The van der Waals surface area contributed by atoms with Gasteiger partial charge in [0, 0.05) is 19.7 Å². The summed E-state index contributed by atoms with van der Waals surface area (Å²) >= 11 is 5.75. The minimum atomic E-state index is -4.32. The molecule has 0 aliphatic carbocycles. The molecule has 23 heavy (non-hydrogen) atoms. The van der Waals surface area contributed by atoms with Crippen LogP contribution in [-0.4, -0.2) is 49.3 Å². The summed E-state index contributed by atoms with van der Waals surface area (Å²) in [7, 11) is 0. The largest absolute Gasteiger partial charge is 0.393 e. The number of fused-ring (bicyclic) bond motifs is 1. The second-order valence-corrected chi connectivity index (χ2v) is 5.88. The Bertz CT molecular complexity index is 747. The molecule has 0 spiro atoms. The standard InChI is InChI=1S/C13H13ClF3N5O/c1-7(23)21-5-9(13(15,16)17)2-10(21)6-22-11-8(4-19-22)3-18-12(14)20-11/h3-4,9-10H,2,5-6H2,1H3/t9-,10-/m0/s1. The Kier molecular flexibility index (Phi) is 3.91. The molecular formula is C13H13ClF3N5O. The van der Waals surface area contributed by atoms with E-state index in [-0.39, 0.29) is 30.7 Å². The summed E-state index contributed by atoms with van der Waals surface area (Å²) in [6.45, 7) is 1.08. The van der Waals surface area contributed by atoms with Crippen LogP contribution in [0.5, 0.6) is 0 Å². The predicted molar refractivity (Wildman–Crippen MR) is 75.7 cm³/mol. The highest BCUT2D eigenvalue weighted by atomic mass is 35.5. The van der Waals surface area contributed by atoms with E-state index in [9.17, 15) is 18.0 Å². The second kappa shape index (κ2) is 5.63. The molecule has 0 aromatic carbocycles. The number of alkyl halides is 3. The molecule has 3 rings (SSSR count). The molecule has 0 saturated carbocycles. The number of carbonyl (C=O) groups excluding carboxylic acids is 1. The van der Waals surface area contributed by atoms with E-state index in [0.29, 0.717) is 11.0 Å². The van der Waals surface area contributed by atoms with Crippen LogP contribution < -0.4 is 0 Å². The maximum Gasteiger partial charge on any atom is 0.393 e. The molecule has 0 radical (unpaired) electrons. The number of aromatic nitrogens is 4. The summed E-state index contributed by atoms with van der Waals surface area (Å²) in [5.74, 6) is -1.90. The van der Waals surface area contributed by atoms with Crippen LogP contribution in [0.1, 0.15) is 13.3 Å². The highest BCUT2D eigenvalue weighted by molar-refractivity contribution is 6.28. The van der Waals surface area contributed by atoms with Gasteiger partial charge in [-0.3, -0.25) is 4.79 Å². The summed E-state index contributed by atoms with van der Waals surface area (Å²) in [5.41, 5.74) is 0.434. The first kappa shape index (κ1) is 16.0. The molecule has 1 aliphatic rings. The third-order valence-corrected chi connectivity index (χ3v) is 4.19. The fourth-order valence-corrected chi connectivity index (χ4v) is 3.02. The summed E-state index contributed by atoms with van der Waals surface area (Å²) in [6, 6.07) is -0.587. The van der Waals surface area contributed by atoms with E-state index in [1.54, 1.807) is 0 Å². The van der Waals surface area contributed by atoms with E-state index >= 15 is 0 Å². The van der Waals surface area contributed by atoms with Crippen molar-refractivity contribution < 1.29 is 18.0 Å². The van der Waals surface area contributed by atoms with Gasteiger partial charge in [-0.05, 0) is 18.0 Å². The van der Waals surface area contributed by atoms with Gasteiger partial charge in [-0.2, -0.15) is 23.3 Å². The monoisotopic (exact) mass is 347 g/mol. The predicted octanol–water partition coefficient (Wildman–Crippen LogP) is 2.28. The molecular weight excluding hydrogens is 335 g/mol. The van der Waals surface area contributed by atoms with Gasteiger partial charge in [0.15, 0.2) is 5.65 Å². The number of nitrogens with zero attached hydrogens (tertiary/aromatic N) is 5. The number of amides is 1. The maximum absolute atomic E-state index is 13.0. The topological polar surface area (TPSA) is 63.9 Å². The summed E-state index contributed by atoms with van der Waals surface area (Å²) in [6.07, 6.45) is -1.46. The number of hydrogen-bond donors (Lipinski definition) is 0. The summed E-state index contributed by atoms with van der Waals surface area (Å²) in [4.78, 5) is 20.8. The first-order valence-electron chi connectivity index (χ1n) is 6.93. The Labute approximate surface area is 134 Å². The minimum absolute atomic E-state index is 0.0299. The Morgan fingerprint density at radius 1 is 1.43 bits per heavy atom. The van der Waals surface area contributed by atoms with E-state index in [1.165, 1.54) is 28.9 Å². The zero-order chi connectivity index (χ0) is 16.8. The molecule has 2 aromatic rings. The van der Waals surface area contributed by atoms with Gasteiger partial charge in [-0.1, -0.05) is 0 Å². The molecule has 6 nitrogen and oxygen atoms in total. The Balaban J connectivity index is 1.87. The van der Waals surface area contributed by atoms with Gasteiger partial charge in [-0.25, -0.2) is 9.67 Å². The van der Waals surface area contributed by atoms with E-state index in [4.69, 9.17) is 11.6 Å². The SMILES string of the molecule is CC(=O)N1C[C@@H](C(F)(F)F)C[C@H]1Cn1ncc2cnc(Cl)nc21. The fourth-order valence-electron chi connectivity index (χ4n) is 2.89. The molecule has 1 fully saturated rings. The number of rotatable bonds is 2. The van der Waals surface area contributed by atoms with Crippen molar-refractivity contribution in [3.05, 3.63) is 17.7 Å². The average molecular weight is 348 g/mol. The van der Waals surface area contributed by atoms with Crippen molar-refractivity contribution in [2.45, 2.75) is 32.1 Å². The van der Waals surface area contributed by atoms with Gasteiger partial charge < -0.3 is 4.90 Å². The minimum Gasteiger partial charge on any atom is -0.337 e. The Morgan fingerprint density at radius 3 is 2.83 bits per heavy atom. The Morgan fingerprint density at radius 2 is 2.17 bits per heavy atom. The molecule has 124 valence electrons. The number of carbonyl (C=O) groups is 1. The van der Waals surface area contributed by atoms with Crippen LogP contribution in [0.3, 0.4) is 0 Å². The number of halogens is 4. The molecule has 1 aliphatic heterocycles. The maximum atomic E-state index is 13.0. The smallest absolute Gasteiger partial charge is 0.337 e. The van der Waals surface area contributed by atoms with Crippen LogP contribution >= 0.6 is 11.6 Å². The van der Waals surface area contributed by atoms with E-state index in [0.717, 1.165) is 0 Å². The van der Waals surface area contributed by atoms with Crippen molar-refractivity contribution in [3.8, 4) is 0 Å². The van der Waals surface area contributed by atoms with Crippen molar-refractivity contribution in [2.24, 2.45) is 5.92 Å². The summed E-state index contributed by atoms with van der Waals surface area (Å²) < 4.78 is 40.3. The van der Waals surface area contributed by atoms with Crippen LogP contribution in [0.4, 0.5) is 13.2 Å². The normalized spacial score (nSPS) is 22.0. The first-order chi connectivity index (χ1) is 10.8. The molecule has 1 amide bonds. The average Bonchev–Trinajstić information content (AvgIpc) is 3.03. The van der Waals surface area contributed by atoms with Crippen molar-refractivity contribution in [3.63, 3.8) is 0 Å². The van der Waals surface area contributed by atoms with Crippen LogP contribution in [0, 0.1) is 5.92 Å². The van der Waals surface area contributed by atoms with Gasteiger partial charge in [0.1, 0.15) is 0 Å². The van der Waals surface area contributed by atoms with Crippen molar-refractivity contribution in [1.29, 1.82) is 0 Å². The molecule has 2 aromatic heterocycles. The highest BCUT2D eigenvalue weighted by Crippen LogP contribution is 2.37. The van der Waals surface area contributed by atoms with Crippen LogP contribution in [0.2, 0.25) is 5.28 Å². The lowest BCUT2D eigenvalue weighted by Gasteiger charge is -2.23. The van der Waals surface area contributed by atoms with Crippen molar-refractivity contribution in [1.82, 2.24) is 24.6 Å². The number of likely N-dealkylation sites (tertiary alicyclic amines) is 1. The lowest BCUT2D eigenvalue weighted by molar-refractivity contribution is -0.171. The van der Waals surface area contributed by atoms with Crippen molar-refractivity contribution in [2.75, 3.05) is 6.54 Å². The third-order valence-electron chi connectivity index (χ3n) is 4.01. The first-order valence-corrected chi connectivity index (χ1v) is 7.31. The van der Waals surface area contributed by atoms with Gasteiger partial charge in [0.25, 0.3) is 0 Å². The zero-order valence-corrected chi connectivity index (χ0v) is 12.8. The van der Waals surface area contributed by atoms with Gasteiger partial charge in [0.05, 0.1) is 30.1 Å². The molecule has 1 saturated heterocycles. The fraction of sp³-hybridized carbons (Fsp3) is 0.538. The van der Waals surface area contributed by atoms with E-state index in [2.05, 4.69) is 15.1 Å². The van der Waals surface area contributed by atoms with Crippen LogP contribution in [0.15, 0.2) is 12.4 Å². The lowest BCUT2D eigenvalue weighted by atomic mass is 10.1. The molecule has 2 atom stereocenters. The summed E-state index contributed by atoms with van der Waals surface area (Å²) in [5, 5.41) is 4.78. The lowest BCUT2D eigenvalue weighted by Crippen LogP contribution is -2.37. The molecule has 10 heteroatoms. The molecule has 3 heterocycles. The van der Waals surface area contributed by atoms with E-state index in [1.807, 2.05) is 0 Å². The Hall–Kier alpha value is -1.90. The van der Waals surface area contributed by atoms with Crippen LogP contribution in [-0.2, 0) is 11.3 Å². The molecule has 0 bridgehead atoms. The third kappa shape index (κ3) is 3.10. The molecule has 0 N–H and O–H groups in total. The van der Waals surface area contributed by atoms with Gasteiger partial charge >= 0.3 is 6.18 Å². The highest BCUT2D eigenvalue weighted by Gasteiger charge is 2.48. The van der Waals surface area contributed by atoms with Gasteiger partial charge in [0.2, 0.25) is 11.2 Å². The van der Waals surface area contributed by atoms with E-state index < -0.39 is 18.1 Å². The van der Waals surface area contributed by atoms with Crippen LogP contribution in [0.25, 0.3) is 11.0 Å². The number of hydrogen-bond acceptors (Lipinski definition) is 4.